The smallest absolute Gasteiger partial charge is 0.254 e. The lowest BCUT2D eigenvalue weighted by Crippen LogP contribution is -2.33. The Kier molecular flexibility index (Phi) is 4.91. The van der Waals surface area contributed by atoms with Gasteiger partial charge in [-0.3, -0.25) is 4.79 Å². The van der Waals surface area contributed by atoms with Gasteiger partial charge in [-0.2, -0.15) is 0 Å². The molecule has 2 aromatic rings. The number of rotatable bonds is 5. The number of hydrogen-bond donors (Lipinski definition) is 1. The van der Waals surface area contributed by atoms with E-state index in [4.69, 9.17) is 0 Å². The fraction of sp³-hybridized carbons (Fsp3) is 0.235. The average molecular weight is 269 g/mol. The molecule has 0 spiro atoms. The average Bonchev–Trinajstić information content (AvgIpc) is 2.48. The Morgan fingerprint density at radius 3 is 2.35 bits per heavy atom. The van der Waals surface area contributed by atoms with Gasteiger partial charge in [-0.25, -0.2) is 0 Å². The van der Waals surface area contributed by atoms with Gasteiger partial charge in [-0.15, -0.1) is 0 Å². The molecule has 0 atom stereocenters. The minimum absolute atomic E-state index is 0.0372. The molecule has 0 saturated carbocycles. The van der Waals surface area contributed by atoms with Gasteiger partial charge in [0.25, 0.3) is 5.91 Å². The van der Waals surface area contributed by atoms with Crippen LogP contribution < -0.4 is 0 Å². The summed E-state index contributed by atoms with van der Waals surface area (Å²) in [5, 5.41) is 9.19. The van der Waals surface area contributed by atoms with Crippen LogP contribution in [0, 0.1) is 6.92 Å². The van der Waals surface area contributed by atoms with E-state index in [1.807, 2.05) is 61.5 Å². The molecule has 0 bridgehead atoms. The highest BCUT2D eigenvalue weighted by Crippen LogP contribution is 2.13. The standard InChI is InChI=1S/C17H19NO2/c1-14-7-5-6-10-16(14)17(20)18(11-12-19)13-15-8-3-2-4-9-15/h2-10,19H,11-13H2,1H3. The highest BCUT2D eigenvalue weighted by molar-refractivity contribution is 5.95. The summed E-state index contributed by atoms with van der Waals surface area (Å²) in [6.07, 6.45) is 0. The minimum Gasteiger partial charge on any atom is -0.395 e. The van der Waals surface area contributed by atoms with Crippen LogP contribution in [0.2, 0.25) is 0 Å². The van der Waals surface area contributed by atoms with Crippen molar-refractivity contribution in [3.63, 3.8) is 0 Å². The fourth-order valence-electron chi connectivity index (χ4n) is 2.16. The quantitative estimate of drug-likeness (QED) is 0.906. The summed E-state index contributed by atoms with van der Waals surface area (Å²) in [4.78, 5) is 14.3. The molecule has 0 radical (unpaired) electrons. The summed E-state index contributed by atoms with van der Waals surface area (Å²) in [5.41, 5.74) is 2.70. The number of carbonyl (C=O) groups is 1. The summed E-state index contributed by atoms with van der Waals surface area (Å²) in [7, 11) is 0. The molecule has 1 amide bonds. The normalized spacial score (nSPS) is 10.3. The third-order valence-corrected chi connectivity index (χ3v) is 3.25. The number of aliphatic hydroxyl groups is 1. The van der Waals surface area contributed by atoms with Gasteiger partial charge >= 0.3 is 0 Å². The molecule has 3 nitrogen and oxygen atoms in total. The summed E-state index contributed by atoms with van der Waals surface area (Å²) < 4.78 is 0. The fourth-order valence-corrected chi connectivity index (χ4v) is 2.16. The molecule has 0 aromatic heterocycles. The SMILES string of the molecule is Cc1ccccc1C(=O)N(CCO)Cc1ccccc1. The van der Waals surface area contributed by atoms with Crippen molar-refractivity contribution in [3.8, 4) is 0 Å². The Labute approximate surface area is 119 Å². The van der Waals surface area contributed by atoms with Crippen molar-refractivity contribution in [1.29, 1.82) is 0 Å². The first-order chi connectivity index (χ1) is 9.72. The molecule has 0 aliphatic carbocycles. The molecule has 1 N–H and O–H groups in total. The van der Waals surface area contributed by atoms with Crippen LogP contribution in [0.5, 0.6) is 0 Å². The number of amides is 1. The highest BCUT2D eigenvalue weighted by atomic mass is 16.3. The van der Waals surface area contributed by atoms with E-state index in [-0.39, 0.29) is 12.5 Å². The van der Waals surface area contributed by atoms with Crippen molar-refractivity contribution in [2.45, 2.75) is 13.5 Å². The lowest BCUT2D eigenvalue weighted by atomic mass is 10.1. The number of hydrogen-bond acceptors (Lipinski definition) is 2. The molecular weight excluding hydrogens is 250 g/mol. The van der Waals surface area contributed by atoms with Gasteiger partial charge in [-0.05, 0) is 24.1 Å². The second kappa shape index (κ2) is 6.87. The third kappa shape index (κ3) is 3.45. The molecular formula is C17H19NO2. The first-order valence-electron chi connectivity index (χ1n) is 6.72. The van der Waals surface area contributed by atoms with Crippen molar-refractivity contribution in [1.82, 2.24) is 4.90 Å². The van der Waals surface area contributed by atoms with Gasteiger partial charge in [0.2, 0.25) is 0 Å². The molecule has 0 unspecified atom stereocenters. The van der Waals surface area contributed by atoms with Crippen LogP contribution in [0.25, 0.3) is 0 Å². The van der Waals surface area contributed by atoms with E-state index in [9.17, 15) is 9.90 Å². The van der Waals surface area contributed by atoms with Crippen LogP contribution in [0.1, 0.15) is 21.5 Å². The molecule has 0 aliphatic heterocycles. The van der Waals surface area contributed by atoms with Crippen molar-refractivity contribution in [2.24, 2.45) is 0 Å². The van der Waals surface area contributed by atoms with E-state index < -0.39 is 0 Å². The number of aliphatic hydroxyl groups excluding tert-OH is 1. The van der Waals surface area contributed by atoms with Gasteiger partial charge < -0.3 is 10.0 Å². The van der Waals surface area contributed by atoms with Crippen LogP contribution in [0.15, 0.2) is 54.6 Å². The molecule has 0 aliphatic rings. The number of benzene rings is 2. The lowest BCUT2D eigenvalue weighted by molar-refractivity contribution is 0.0707. The zero-order valence-electron chi connectivity index (χ0n) is 11.6. The van der Waals surface area contributed by atoms with Gasteiger partial charge in [-0.1, -0.05) is 48.5 Å². The van der Waals surface area contributed by atoms with E-state index in [1.165, 1.54) is 0 Å². The van der Waals surface area contributed by atoms with E-state index in [0.29, 0.717) is 18.7 Å². The van der Waals surface area contributed by atoms with Crippen molar-refractivity contribution in [2.75, 3.05) is 13.2 Å². The minimum atomic E-state index is -0.0407. The topological polar surface area (TPSA) is 40.5 Å². The van der Waals surface area contributed by atoms with Crippen molar-refractivity contribution in [3.05, 3.63) is 71.3 Å². The first-order valence-corrected chi connectivity index (χ1v) is 6.72. The third-order valence-electron chi connectivity index (χ3n) is 3.25. The zero-order valence-corrected chi connectivity index (χ0v) is 11.6. The molecule has 104 valence electrons. The number of carbonyl (C=O) groups excluding carboxylic acids is 1. The van der Waals surface area contributed by atoms with Crippen LogP contribution in [-0.2, 0) is 6.54 Å². The molecule has 2 rings (SSSR count). The predicted molar refractivity (Wildman–Crippen MR) is 79.4 cm³/mol. The zero-order chi connectivity index (χ0) is 14.4. The Morgan fingerprint density at radius 2 is 1.70 bits per heavy atom. The van der Waals surface area contributed by atoms with E-state index >= 15 is 0 Å². The van der Waals surface area contributed by atoms with Crippen LogP contribution in [-0.4, -0.2) is 29.1 Å². The molecule has 0 saturated heterocycles. The van der Waals surface area contributed by atoms with Gasteiger partial charge in [0, 0.05) is 18.7 Å². The largest absolute Gasteiger partial charge is 0.395 e. The van der Waals surface area contributed by atoms with E-state index in [2.05, 4.69) is 0 Å². The lowest BCUT2D eigenvalue weighted by Gasteiger charge is -2.22. The monoisotopic (exact) mass is 269 g/mol. The van der Waals surface area contributed by atoms with Crippen LogP contribution in [0.3, 0.4) is 0 Å². The number of aryl methyl sites for hydroxylation is 1. The Bertz CT molecular complexity index is 566. The van der Waals surface area contributed by atoms with E-state index in [0.717, 1.165) is 11.1 Å². The van der Waals surface area contributed by atoms with E-state index in [1.54, 1.807) is 4.90 Å². The maximum Gasteiger partial charge on any atom is 0.254 e. The van der Waals surface area contributed by atoms with Crippen LogP contribution >= 0.6 is 0 Å². The van der Waals surface area contributed by atoms with Gasteiger partial charge in [0.15, 0.2) is 0 Å². The maximum absolute atomic E-state index is 12.6. The molecule has 0 heterocycles. The summed E-state index contributed by atoms with van der Waals surface area (Å²) in [6, 6.07) is 17.3. The number of nitrogens with zero attached hydrogens (tertiary/aromatic N) is 1. The van der Waals surface area contributed by atoms with Gasteiger partial charge in [0.05, 0.1) is 6.61 Å². The summed E-state index contributed by atoms with van der Waals surface area (Å²) in [6.45, 7) is 2.73. The van der Waals surface area contributed by atoms with Crippen molar-refractivity contribution >= 4 is 5.91 Å². The van der Waals surface area contributed by atoms with Gasteiger partial charge in [0.1, 0.15) is 0 Å². The van der Waals surface area contributed by atoms with Crippen LogP contribution in [0.4, 0.5) is 0 Å². The molecule has 2 aromatic carbocycles. The molecule has 0 fully saturated rings. The Hall–Kier alpha value is -2.13. The Balaban J connectivity index is 2.20. The maximum atomic E-state index is 12.6. The van der Waals surface area contributed by atoms with Crippen molar-refractivity contribution < 1.29 is 9.90 Å². The first kappa shape index (κ1) is 14.3. The second-order valence-corrected chi connectivity index (χ2v) is 4.75. The Morgan fingerprint density at radius 1 is 1.05 bits per heavy atom. The summed E-state index contributed by atoms with van der Waals surface area (Å²) in [5.74, 6) is -0.0407. The predicted octanol–water partition coefficient (Wildman–Crippen LogP) is 2.63. The molecule has 20 heavy (non-hydrogen) atoms. The summed E-state index contributed by atoms with van der Waals surface area (Å²) >= 11 is 0. The molecule has 3 heteroatoms. The highest BCUT2D eigenvalue weighted by Gasteiger charge is 2.17. The second-order valence-electron chi connectivity index (χ2n) is 4.75.